The predicted octanol–water partition coefficient (Wildman–Crippen LogP) is 1.88. The van der Waals surface area contributed by atoms with Crippen LogP contribution >= 0.6 is 0 Å². The lowest BCUT2D eigenvalue weighted by atomic mass is 9.63. The molecule has 2 fully saturated rings. The fraction of sp³-hybridized carbons (Fsp3) is 0.600. The molecule has 3 aliphatic heterocycles. The third-order valence-corrected chi connectivity index (χ3v) is 6.79. The van der Waals surface area contributed by atoms with Crippen LogP contribution in [0.2, 0.25) is 0 Å². The van der Waals surface area contributed by atoms with Crippen molar-refractivity contribution in [2.24, 2.45) is 10.4 Å². The molecule has 1 aliphatic carbocycles. The second kappa shape index (κ2) is 5.69. The van der Waals surface area contributed by atoms with Crippen molar-refractivity contribution >= 4 is 17.6 Å². The van der Waals surface area contributed by atoms with Crippen LogP contribution in [-0.2, 0) is 16.9 Å². The lowest BCUT2D eigenvalue weighted by molar-refractivity contribution is -0.0535. The number of imidazole rings is 1. The summed E-state index contributed by atoms with van der Waals surface area (Å²) in [6, 6.07) is 0. The molecule has 9 heteroatoms. The van der Waals surface area contributed by atoms with E-state index in [1.807, 2.05) is 0 Å². The van der Waals surface area contributed by atoms with Crippen molar-refractivity contribution in [2.45, 2.75) is 51.4 Å². The highest BCUT2D eigenvalue weighted by Gasteiger charge is 2.50. The van der Waals surface area contributed by atoms with Gasteiger partial charge in [-0.05, 0) is 26.7 Å². The molecule has 6 rings (SSSR count). The molecular formula is C20H26N8O. The van der Waals surface area contributed by atoms with E-state index in [-0.39, 0.29) is 12.1 Å². The van der Waals surface area contributed by atoms with Crippen LogP contribution in [0.4, 0.5) is 11.8 Å². The first kappa shape index (κ1) is 17.2. The van der Waals surface area contributed by atoms with Crippen molar-refractivity contribution in [1.29, 1.82) is 0 Å². The number of aromatic nitrogens is 4. The Morgan fingerprint density at radius 3 is 2.66 bits per heavy atom. The third kappa shape index (κ3) is 2.49. The van der Waals surface area contributed by atoms with Crippen LogP contribution in [0.1, 0.15) is 56.4 Å². The van der Waals surface area contributed by atoms with Gasteiger partial charge in [-0.1, -0.05) is 6.42 Å². The van der Waals surface area contributed by atoms with Gasteiger partial charge in [-0.2, -0.15) is 0 Å². The first-order chi connectivity index (χ1) is 13.9. The Bertz CT molecular complexity index is 996. The van der Waals surface area contributed by atoms with Crippen molar-refractivity contribution in [3.63, 3.8) is 0 Å². The molecule has 0 radical (unpaired) electrons. The van der Waals surface area contributed by atoms with Crippen LogP contribution in [0, 0.1) is 5.41 Å². The molecule has 0 bridgehead atoms. The summed E-state index contributed by atoms with van der Waals surface area (Å²) in [5.74, 6) is 3.19. The minimum atomic E-state index is -0.424. The number of nitrogens with zero attached hydrogens (tertiary/aromatic N) is 6. The number of anilines is 2. The van der Waals surface area contributed by atoms with Crippen LogP contribution in [0.15, 0.2) is 17.4 Å². The SMILES string of the molecule is CC1(C)OCCn2c1nc1c2NC(c2cnc(N)nc2)N=C1N1CC2(CCC2)C1. The molecule has 29 heavy (non-hydrogen) atoms. The Hall–Kier alpha value is -2.68. The Labute approximate surface area is 169 Å². The second-order valence-corrected chi connectivity index (χ2v) is 9.23. The molecule has 4 aliphatic rings. The van der Waals surface area contributed by atoms with E-state index in [1.165, 1.54) is 19.3 Å². The van der Waals surface area contributed by atoms with E-state index in [0.29, 0.717) is 12.0 Å². The van der Waals surface area contributed by atoms with Crippen molar-refractivity contribution in [3.8, 4) is 0 Å². The minimum Gasteiger partial charge on any atom is -0.368 e. The molecule has 0 aromatic carbocycles. The van der Waals surface area contributed by atoms with Gasteiger partial charge in [-0.15, -0.1) is 0 Å². The average Bonchev–Trinajstić information content (AvgIpc) is 3.00. The lowest BCUT2D eigenvalue weighted by Crippen LogP contribution is -2.62. The van der Waals surface area contributed by atoms with Crippen LogP contribution in [0.5, 0.6) is 0 Å². The normalized spacial score (nSPS) is 25.9. The maximum atomic E-state index is 5.99. The molecule has 2 aromatic heterocycles. The van der Waals surface area contributed by atoms with Gasteiger partial charge in [0.25, 0.3) is 0 Å². The fourth-order valence-electron chi connectivity index (χ4n) is 5.02. The molecule has 3 N–H and O–H groups in total. The molecule has 9 nitrogen and oxygen atoms in total. The quantitative estimate of drug-likeness (QED) is 0.760. The first-order valence-electron chi connectivity index (χ1n) is 10.4. The smallest absolute Gasteiger partial charge is 0.219 e. The zero-order chi connectivity index (χ0) is 19.8. The number of hydrogen-bond acceptors (Lipinski definition) is 8. The highest BCUT2D eigenvalue weighted by atomic mass is 16.5. The van der Waals surface area contributed by atoms with Gasteiger partial charge >= 0.3 is 0 Å². The molecule has 1 spiro atoms. The van der Waals surface area contributed by atoms with Crippen molar-refractivity contribution < 1.29 is 4.74 Å². The summed E-state index contributed by atoms with van der Waals surface area (Å²) in [5, 5.41) is 3.57. The maximum absolute atomic E-state index is 5.99. The Balaban J connectivity index is 1.43. The Morgan fingerprint density at radius 2 is 1.97 bits per heavy atom. The number of rotatable bonds is 1. The summed E-state index contributed by atoms with van der Waals surface area (Å²) >= 11 is 0. The molecule has 1 saturated carbocycles. The predicted molar refractivity (Wildman–Crippen MR) is 108 cm³/mol. The number of ether oxygens (including phenoxy) is 1. The number of nitrogen functional groups attached to an aromatic ring is 1. The summed E-state index contributed by atoms with van der Waals surface area (Å²) in [5.41, 5.74) is 7.59. The molecule has 1 atom stereocenters. The molecular weight excluding hydrogens is 368 g/mol. The highest BCUT2D eigenvalue weighted by Crippen LogP contribution is 2.49. The number of fused-ring (bicyclic) bond motifs is 3. The Kier molecular flexibility index (Phi) is 3.37. The van der Waals surface area contributed by atoms with E-state index in [9.17, 15) is 0 Å². The number of hydrogen-bond donors (Lipinski definition) is 2. The van der Waals surface area contributed by atoms with E-state index >= 15 is 0 Å². The van der Waals surface area contributed by atoms with Crippen LogP contribution in [0.3, 0.4) is 0 Å². The summed E-state index contributed by atoms with van der Waals surface area (Å²) in [7, 11) is 0. The van der Waals surface area contributed by atoms with E-state index < -0.39 is 5.60 Å². The minimum absolute atomic E-state index is 0.261. The number of aliphatic imine (C=N–C) groups is 1. The van der Waals surface area contributed by atoms with Crippen molar-refractivity contribution in [2.75, 3.05) is 30.7 Å². The standard InChI is InChI=1S/C20H26N8O/c1-19(2)17-24-13-15(27-10-20(11-27)4-3-5-20)25-14(12-8-22-18(21)23-9-12)26-16(13)28(17)6-7-29-19/h8-9,14,26H,3-7,10-11H2,1-2H3,(H2,21,22,23). The van der Waals surface area contributed by atoms with E-state index in [4.69, 9.17) is 20.4 Å². The van der Waals surface area contributed by atoms with Crippen LogP contribution in [-0.4, -0.2) is 50.0 Å². The molecule has 152 valence electrons. The van der Waals surface area contributed by atoms with E-state index in [2.05, 4.69) is 38.6 Å². The number of nitrogens with one attached hydrogen (secondary N) is 1. The second-order valence-electron chi connectivity index (χ2n) is 9.23. The largest absolute Gasteiger partial charge is 0.368 e. The highest BCUT2D eigenvalue weighted by molar-refractivity contribution is 6.03. The van der Waals surface area contributed by atoms with Crippen molar-refractivity contribution in [1.82, 2.24) is 24.4 Å². The topological polar surface area (TPSA) is 106 Å². The van der Waals surface area contributed by atoms with E-state index in [1.54, 1.807) is 12.4 Å². The zero-order valence-corrected chi connectivity index (χ0v) is 16.9. The molecule has 5 heterocycles. The summed E-state index contributed by atoms with van der Waals surface area (Å²) < 4.78 is 8.24. The Morgan fingerprint density at radius 1 is 1.21 bits per heavy atom. The summed E-state index contributed by atoms with van der Waals surface area (Å²) in [6.45, 7) is 7.73. The van der Waals surface area contributed by atoms with Crippen LogP contribution < -0.4 is 11.1 Å². The van der Waals surface area contributed by atoms with Gasteiger partial charge in [-0.25, -0.2) is 19.9 Å². The van der Waals surface area contributed by atoms with Gasteiger partial charge < -0.3 is 25.3 Å². The first-order valence-corrected chi connectivity index (χ1v) is 10.4. The van der Waals surface area contributed by atoms with Gasteiger partial charge in [0.05, 0.1) is 6.61 Å². The average molecular weight is 394 g/mol. The summed E-state index contributed by atoms with van der Waals surface area (Å²) in [6.07, 6.45) is 7.24. The zero-order valence-electron chi connectivity index (χ0n) is 16.9. The fourth-order valence-corrected chi connectivity index (χ4v) is 5.02. The maximum Gasteiger partial charge on any atom is 0.219 e. The molecule has 1 saturated heterocycles. The summed E-state index contributed by atoms with van der Waals surface area (Å²) in [4.78, 5) is 20.8. The number of nitrogens with two attached hydrogens (primary N) is 1. The number of amidine groups is 1. The molecule has 2 aromatic rings. The molecule has 1 unspecified atom stereocenters. The van der Waals surface area contributed by atoms with Gasteiger partial charge in [-0.3, -0.25) is 0 Å². The number of likely N-dealkylation sites (tertiary alicyclic amines) is 1. The third-order valence-electron chi connectivity index (χ3n) is 6.79. The van der Waals surface area contributed by atoms with Gasteiger partial charge in [0.2, 0.25) is 5.95 Å². The molecule has 0 amide bonds. The van der Waals surface area contributed by atoms with Gasteiger partial charge in [0, 0.05) is 43.0 Å². The van der Waals surface area contributed by atoms with Crippen molar-refractivity contribution in [3.05, 3.63) is 29.5 Å². The van der Waals surface area contributed by atoms with E-state index in [0.717, 1.165) is 48.4 Å². The van der Waals surface area contributed by atoms with Gasteiger partial charge in [0.1, 0.15) is 22.9 Å². The van der Waals surface area contributed by atoms with Gasteiger partial charge in [0.15, 0.2) is 12.0 Å². The lowest BCUT2D eigenvalue weighted by Gasteiger charge is -2.57. The van der Waals surface area contributed by atoms with Crippen LogP contribution in [0.25, 0.3) is 0 Å². The monoisotopic (exact) mass is 394 g/mol.